The van der Waals surface area contributed by atoms with Gasteiger partial charge in [0, 0.05) is 17.1 Å². The normalized spacial score (nSPS) is 15.9. The Balaban J connectivity index is 2.10. The largest absolute Gasteiger partial charge is 0.326 e. The van der Waals surface area contributed by atoms with Crippen LogP contribution < -0.4 is 10.6 Å². The first-order valence-electron chi connectivity index (χ1n) is 7.47. The van der Waals surface area contributed by atoms with Crippen LogP contribution in [0.5, 0.6) is 0 Å². The highest BCUT2D eigenvalue weighted by molar-refractivity contribution is 6.14. The lowest BCUT2D eigenvalue weighted by Gasteiger charge is -2.13. The minimum absolute atomic E-state index is 0.274. The van der Waals surface area contributed by atoms with Gasteiger partial charge in [-0.25, -0.2) is 4.79 Å². The Morgan fingerprint density at radius 1 is 1.00 bits per heavy atom. The maximum Gasteiger partial charge on any atom is 0.326 e. The summed E-state index contributed by atoms with van der Waals surface area (Å²) in [6, 6.07) is 7.88. The highest BCUT2D eigenvalue weighted by Gasteiger charge is 2.23. The number of hydrogen-bond acceptors (Lipinski definition) is 2. The number of amides is 3. The van der Waals surface area contributed by atoms with E-state index in [1.807, 2.05) is 19.9 Å². The van der Waals surface area contributed by atoms with E-state index in [0.717, 1.165) is 22.6 Å². The van der Waals surface area contributed by atoms with Gasteiger partial charge in [0.25, 0.3) is 5.91 Å². The fourth-order valence-corrected chi connectivity index (χ4v) is 2.90. The van der Waals surface area contributed by atoms with E-state index in [4.69, 9.17) is 0 Å². The Bertz CT molecular complexity index is 859. The highest BCUT2D eigenvalue weighted by atomic mass is 16.2. The van der Waals surface area contributed by atoms with E-state index in [9.17, 15) is 9.59 Å². The number of rotatable bonds is 2. The first-order chi connectivity index (χ1) is 10.9. The standard InChI is InChI=1S/C18H19N3O2/c1-10-5-6-11(2)16(7-10)21-12(3)8-14(13(21)4)9-15-17(22)20-18(23)19-15/h5-9H,1-4H3,(H2,19,20,22,23)/b15-9-. The quantitative estimate of drug-likeness (QED) is 0.662. The molecule has 0 aliphatic carbocycles. The zero-order chi connectivity index (χ0) is 16.7. The van der Waals surface area contributed by atoms with E-state index in [-0.39, 0.29) is 5.70 Å². The molecule has 3 amide bonds. The van der Waals surface area contributed by atoms with Crippen molar-refractivity contribution in [3.05, 3.63) is 58.0 Å². The van der Waals surface area contributed by atoms with Crippen molar-refractivity contribution in [1.82, 2.24) is 15.2 Å². The van der Waals surface area contributed by atoms with Crippen LogP contribution in [-0.4, -0.2) is 16.5 Å². The predicted molar refractivity (Wildman–Crippen MR) is 89.4 cm³/mol. The van der Waals surface area contributed by atoms with Gasteiger partial charge in [0.15, 0.2) is 0 Å². The molecule has 2 aromatic rings. The molecule has 0 atom stereocenters. The number of nitrogens with one attached hydrogen (secondary N) is 2. The molecule has 2 heterocycles. The maximum atomic E-state index is 11.7. The van der Waals surface area contributed by atoms with Gasteiger partial charge in [-0.2, -0.15) is 0 Å². The number of carbonyl (C=O) groups is 2. The van der Waals surface area contributed by atoms with Crippen LogP contribution in [0.4, 0.5) is 4.79 Å². The lowest BCUT2D eigenvalue weighted by molar-refractivity contribution is -0.115. The average molecular weight is 309 g/mol. The molecule has 0 unspecified atom stereocenters. The van der Waals surface area contributed by atoms with Crippen molar-refractivity contribution in [2.24, 2.45) is 0 Å². The van der Waals surface area contributed by atoms with Crippen molar-refractivity contribution in [3.63, 3.8) is 0 Å². The number of hydrogen-bond donors (Lipinski definition) is 2. The number of imide groups is 1. The van der Waals surface area contributed by atoms with Gasteiger partial charge in [-0.05, 0) is 62.6 Å². The highest BCUT2D eigenvalue weighted by Crippen LogP contribution is 2.25. The van der Waals surface area contributed by atoms with E-state index in [2.05, 4.69) is 47.2 Å². The van der Waals surface area contributed by atoms with Crippen LogP contribution in [0.3, 0.4) is 0 Å². The van der Waals surface area contributed by atoms with Gasteiger partial charge in [0.05, 0.1) is 0 Å². The molecule has 1 aromatic carbocycles. The summed E-state index contributed by atoms with van der Waals surface area (Å²) in [7, 11) is 0. The summed E-state index contributed by atoms with van der Waals surface area (Å²) < 4.78 is 2.17. The van der Waals surface area contributed by atoms with Crippen molar-refractivity contribution >= 4 is 18.0 Å². The Morgan fingerprint density at radius 3 is 2.39 bits per heavy atom. The molecular weight excluding hydrogens is 290 g/mol. The minimum atomic E-state index is -0.482. The van der Waals surface area contributed by atoms with Crippen molar-refractivity contribution in [1.29, 1.82) is 0 Å². The number of carbonyl (C=O) groups excluding carboxylic acids is 2. The van der Waals surface area contributed by atoms with E-state index in [0.29, 0.717) is 0 Å². The molecule has 1 aliphatic rings. The van der Waals surface area contributed by atoms with Crippen molar-refractivity contribution < 1.29 is 9.59 Å². The Hall–Kier alpha value is -2.82. The zero-order valence-corrected chi connectivity index (χ0v) is 13.7. The van der Waals surface area contributed by atoms with Gasteiger partial charge < -0.3 is 9.88 Å². The second-order valence-corrected chi connectivity index (χ2v) is 5.92. The maximum absolute atomic E-state index is 11.7. The number of aryl methyl sites for hydroxylation is 3. The topological polar surface area (TPSA) is 63.1 Å². The Labute approximate surface area is 135 Å². The molecule has 1 aliphatic heterocycles. The molecule has 5 nitrogen and oxygen atoms in total. The second-order valence-electron chi connectivity index (χ2n) is 5.92. The monoisotopic (exact) mass is 309 g/mol. The molecule has 2 N–H and O–H groups in total. The Morgan fingerprint density at radius 2 is 1.74 bits per heavy atom. The molecule has 3 rings (SSSR count). The predicted octanol–water partition coefficient (Wildman–Crippen LogP) is 2.89. The van der Waals surface area contributed by atoms with Gasteiger partial charge in [-0.1, -0.05) is 12.1 Å². The number of aromatic nitrogens is 1. The summed E-state index contributed by atoms with van der Waals surface area (Å²) in [6.45, 7) is 8.19. The van der Waals surface area contributed by atoms with Crippen molar-refractivity contribution in [2.75, 3.05) is 0 Å². The molecular formula is C18H19N3O2. The van der Waals surface area contributed by atoms with Gasteiger partial charge in [-0.15, -0.1) is 0 Å². The summed E-state index contributed by atoms with van der Waals surface area (Å²) in [5.74, 6) is -0.397. The fourth-order valence-electron chi connectivity index (χ4n) is 2.90. The Kier molecular flexibility index (Phi) is 3.56. The number of benzene rings is 1. The average Bonchev–Trinajstić information content (AvgIpc) is 2.93. The smallest absolute Gasteiger partial charge is 0.318 e. The molecule has 23 heavy (non-hydrogen) atoms. The molecule has 1 saturated heterocycles. The molecule has 1 fully saturated rings. The van der Waals surface area contributed by atoms with Gasteiger partial charge >= 0.3 is 6.03 Å². The number of urea groups is 1. The summed E-state index contributed by atoms with van der Waals surface area (Å²) in [6.07, 6.45) is 1.71. The molecule has 1 aromatic heterocycles. The fraction of sp³-hybridized carbons (Fsp3) is 0.222. The van der Waals surface area contributed by atoms with Crippen LogP contribution in [0.1, 0.15) is 28.1 Å². The summed E-state index contributed by atoms with van der Waals surface area (Å²) in [4.78, 5) is 22.9. The van der Waals surface area contributed by atoms with Crippen LogP contribution in [-0.2, 0) is 4.79 Å². The molecule has 0 bridgehead atoms. The van der Waals surface area contributed by atoms with Gasteiger partial charge in [0.2, 0.25) is 0 Å². The van der Waals surface area contributed by atoms with Crippen LogP contribution in [0, 0.1) is 27.7 Å². The van der Waals surface area contributed by atoms with Crippen molar-refractivity contribution in [3.8, 4) is 5.69 Å². The van der Waals surface area contributed by atoms with Crippen LogP contribution in [0.2, 0.25) is 0 Å². The SMILES string of the molecule is Cc1ccc(C)c(-n2c(C)cc(/C=C3\NC(=O)NC3=O)c2C)c1. The van der Waals surface area contributed by atoms with E-state index in [1.165, 1.54) is 11.1 Å². The minimum Gasteiger partial charge on any atom is -0.318 e. The lowest BCUT2D eigenvalue weighted by atomic mass is 10.1. The summed E-state index contributed by atoms with van der Waals surface area (Å²) >= 11 is 0. The van der Waals surface area contributed by atoms with Crippen LogP contribution in [0.25, 0.3) is 11.8 Å². The molecule has 0 radical (unpaired) electrons. The molecule has 5 heteroatoms. The van der Waals surface area contributed by atoms with E-state index in [1.54, 1.807) is 6.08 Å². The van der Waals surface area contributed by atoms with E-state index < -0.39 is 11.9 Å². The molecule has 118 valence electrons. The third-order valence-corrected chi connectivity index (χ3v) is 4.10. The third kappa shape index (κ3) is 2.65. The second kappa shape index (κ2) is 5.43. The zero-order valence-electron chi connectivity index (χ0n) is 13.7. The third-order valence-electron chi connectivity index (χ3n) is 4.10. The first kappa shape index (κ1) is 15.1. The van der Waals surface area contributed by atoms with Crippen LogP contribution >= 0.6 is 0 Å². The number of nitrogens with zero attached hydrogens (tertiary/aromatic N) is 1. The van der Waals surface area contributed by atoms with E-state index >= 15 is 0 Å². The summed E-state index contributed by atoms with van der Waals surface area (Å²) in [5.41, 5.74) is 6.80. The summed E-state index contributed by atoms with van der Waals surface area (Å²) in [5, 5.41) is 4.73. The van der Waals surface area contributed by atoms with Crippen LogP contribution in [0.15, 0.2) is 30.0 Å². The van der Waals surface area contributed by atoms with Crippen molar-refractivity contribution in [2.45, 2.75) is 27.7 Å². The molecule has 0 spiro atoms. The lowest BCUT2D eigenvalue weighted by Crippen LogP contribution is -2.22. The van der Waals surface area contributed by atoms with Gasteiger partial charge in [0.1, 0.15) is 5.70 Å². The first-order valence-corrected chi connectivity index (χ1v) is 7.47. The van der Waals surface area contributed by atoms with Gasteiger partial charge in [-0.3, -0.25) is 10.1 Å². The molecule has 0 saturated carbocycles.